The van der Waals surface area contributed by atoms with Gasteiger partial charge in [-0.2, -0.15) is 4.31 Å². The fourth-order valence-electron chi connectivity index (χ4n) is 2.75. The fraction of sp³-hybridized carbons (Fsp3) is 0.400. The molecule has 0 amide bonds. The number of fused-ring (bicyclic) bond motifs is 1. The maximum Gasteiger partial charge on any atom is 0.244 e. The number of halogens is 1. The first-order chi connectivity index (χ1) is 10.00. The number of nitrogens with one attached hydrogen (secondary N) is 1. The van der Waals surface area contributed by atoms with E-state index in [-0.39, 0.29) is 24.5 Å². The van der Waals surface area contributed by atoms with E-state index in [1.54, 1.807) is 28.7 Å². The van der Waals surface area contributed by atoms with Crippen LogP contribution in [0.3, 0.4) is 0 Å². The first-order valence-electron chi connectivity index (χ1n) is 7.09. The Morgan fingerprint density at radius 1 is 1.23 bits per heavy atom. The highest BCUT2D eigenvalue weighted by molar-refractivity contribution is 7.89. The summed E-state index contributed by atoms with van der Waals surface area (Å²) in [5, 5.41) is 3.98. The van der Waals surface area contributed by atoms with Crippen LogP contribution in [0.2, 0.25) is 0 Å². The Labute approximate surface area is 137 Å². The van der Waals surface area contributed by atoms with Gasteiger partial charge in [0.15, 0.2) is 0 Å². The van der Waals surface area contributed by atoms with Gasteiger partial charge >= 0.3 is 0 Å². The molecule has 1 aliphatic rings. The Balaban J connectivity index is 0.00000176. The molecule has 2 aromatic rings. The van der Waals surface area contributed by atoms with Crippen molar-refractivity contribution in [2.24, 2.45) is 0 Å². The number of benzene rings is 1. The zero-order valence-corrected chi connectivity index (χ0v) is 14.2. The van der Waals surface area contributed by atoms with Gasteiger partial charge < -0.3 is 5.32 Å². The van der Waals surface area contributed by atoms with Crippen molar-refractivity contribution in [3.05, 3.63) is 36.5 Å². The third-order valence-electron chi connectivity index (χ3n) is 3.90. The molecule has 120 valence electrons. The van der Waals surface area contributed by atoms with E-state index in [1.165, 1.54) is 0 Å². The van der Waals surface area contributed by atoms with E-state index in [2.05, 4.69) is 10.3 Å². The second-order valence-corrected chi connectivity index (χ2v) is 7.42. The molecule has 0 radical (unpaired) electrons. The molecule has 22 heavy (non-hydrogen) atoms. The topological polar surface area (TPSA) is 62.3 Å². The molecule has 7 heteroatoms. The van der Waals surface area contributed by atoms with Crippen molar-refractivity contribution in [1.82, 2.24) is 14.6 Å². The maximum atomic E-state index is 13.0. The lowest BCUT2D eigenvalue weighted by Crippen LogP contribution is -2.56. The Morgan fingerprint density at radius 3 is 2.77 bits per heavy atom. The first kappa shape index (κ1) is 17.1. The highest BCUT2D eigenvalue weighted by Gasteiger charge is 2.34. The molecule has 1 N–H and O–H groups in total. The minimum Gasteiger partial charge on any atom is -0.311 e. The average Bonchev–Trinajstić information content (AvgIpc) is 2.49. The zero-order chi connectivity index (χ0) is 15.0. The molecule has 0 spiro atoms. The van der Waals surface area contributed by atoms with Crippen molar-refractivity contribution in [2.45, 2.75) is 30.8 Å². The molecule has 2 atom stereocenters. The summed E-state index contributed by atoms with van der Waals surface area (Å²) < 4.78 is 27.6. The SMILES string of the molecule is CC1CN(S(=O)(=O)c2cccc3ncccc23)C(C)CN1.Cl. The van der Waals surface area contributed by atoms with Crippen LogP contribution in [0.25, 0.3) is 10.9 Å². The van der Waals surface area contributed by atoms with E-state index >= 15 is 0 Å². The fourth-order valence-corrected chi connectivity index (χ4v) is 4.67. The number of rotatable bonds is 2. The number of hydrogen-bond donors (Lipinski definition) is 1. The second kappa shape index (κ2) is 6.50. The van der Waals surface area contributed by atoms with Crippen LogP contribution >= 0.6 is 12.4 Å². The molecular formula is C15H20ClN3O2S. The van der Waals surface area contributed by atoms with E-state index < -0.39 is 10.0 Å². The van der Waals surface area contributed by atoms with Crippen LogP contribution in [0.15, 0.2) is 41.4 Å². The molecular weight excluding hydrogens is 322 g/mol. The van der Waals surface area contributed by atoms with Crippen LogP contribution in [0, 0.1) is 0 Å². The van der Waals surface area contributed by atoms with Crippen LogP contribution in [0.5, 0.6) is 0 Å². The summed E-state index contributed by atoms with van der Waals surface area (Å²) in [5.41, 5.74) is 0.703. The molecule has 3 rings (SSSR count). The Morgan fingerprint density at radius 2 is 2.00 bits per heavy atom. The predicted octanol–water partition coefficient (Wildman–Crippen LogP) is 2.03. The lowest BCUT2D eigenvalue weighted by atomic mass is 10.2. The monoisotopic (exact) mass is 341 g/mol. The maximum absolute atomic E-state index is 13.0. The smallest absolute Gasteiger partial charge is 0.244 e. The minimum atomic E-state index is -3.52. The van der Waals surface area contributed by atoms with Crippen LogP contribution in [0.4, 0.5) is 0 Å². The summed E-state index contributed by atoms with van der Waals surface area (Å²) >= 11 is 0. The number of pyridine rings is 1. The highest BCUT2D eigenvalue weighted by atomic mass is 35.5. The molecule has 2 unspecified atom stereocenters. The van der Waals surface area contributed by atoms with E-state index in [4.69, 9.17) is 0 Å². The summed E-state index contributed by atoms with van der Waals surface area (Å²) in [6.07, 6.45) is 1.67. The number of hydrogen-bond acceptors (Lipinski definition) is 4. The molecule has 1 saturated heterocycles. The quantitative estimate of drug-likeness (QED) is 0.907. The number of piperazine rings is 1. The lowest BCUT2D eigenvalue weighted by molar-refractivity contribution is 0.245. The molecule has 2 heterocycles. The predicted molar refractivity (Wildman–Crippen MR) is 89.8 cm³/mol. The van der Waals surface area contributed by atoms with Crippen molar-refractivity contribution in [1.29, 1.82) is 0 Å². The van der Waals surface area contributed by atoms with Gasteiger partial charge in [0.25, 0.3) is 0 Å². The van der Waals surface area contributed by atoms with Gasteiger partial charge in [0.05, 0.1) is 10.4 Å². The van der Waals surface area contributed by atoms with Gasteiger partial charge in [-0.25, -0.2) is 8.42 Å². The van der Waals surface area contributed by atoms with Gasteiger partial charge in [-0.15, -0.1) is 12.4 Å². The lowest BCUT2D eigenvalue weighted by Gasteiger charge is -2.36. The van der Waals surface area contributed by atoms with E-state index in [1.807, 2.05) is 26.0 Å². The summed E-state index contributed by atoms with van der Waals surface area (Å²) in [5.74, 6) is 0. The molecule has 0 aliphatic carbocycles. The number of nitrogens with zero attached hydrogens (tertiary/aromatic N) is 2. The highest BCUT2D eigenvalue weighted by Crippen LogP contribution is 2.26. The van der Waals surface area contributed by atoms with Crippen LogP contribution < -0.4 is 5.32 Å². The second-order valence-electron chi connectivity index (χ2n) is 5.56. The normalized spacial score (nSPS) is 23.2. The average molecular weight is 342 g/mol. The molecule has 0 saturated carbocycles. The van der Waals surface area contributed by atoms with Crippen molar-refractivity contribution in [2.75, 3.05) is 13.1 Å². The molecule has 1 aliphatic heterocycles. The summed E-state index contributed by atoms with van der Waals surface area (Å²) in [6.45, 7) is 5.09. The van der Waals surface area contributed by atoms with Crippen molar-refractivity contribution < 1.29 is 8.42 Å². The van der Waals surface area contributed by atoms with E-state index in [9.17, 15) is 8.42 Å². The summed E-state index contributed by atoms with van der Waals surface area (Å²) in [6, 6.07) is 8.92. The summed E-state index contributed by atoms with van der Waals surface area (Å²) in [4.78, 5) is 4.58. The van der Waals surface area contributed by atoms with Gasteiger partial charge in [0.1, 0.15) is 0 Å². The Hall–Kier alpha value is -1.21. The van der Waals surface area contributed by atoms with Crippen LogP contribution in [-0.2, 0) is 10.0 Å². The molecule has 1 aromatic carbocycles. The third-order valence-corrected chi connectivity index (χ3v) is 5.94. The van der Waals surface area contributed by atoms with E-state index in [0.29, 0.717) is 28.9 Å². The zero-order valence-electron chi connectivity index (χ0n) is 12.6. The van der Waals surface area contributed by atoms with Gasteiger partial charge in [0.2, 0.25) is 10.0 Å². The van der Waals surface area contributed by atoms with E-state index in [0.717, 1.165) is 0 Å². The van der Waals surface area contributed by atoms with Gasteiger partial charge in [-0.05, 0) is 38.1 Å². The largest absolute Gasteiger partial charge is 0.311 e. The number of sulfonamides is 1. The number of aromatic nitrogens is 1. The molecule has 0 bridgehead atoms. The Bertz CT molecular complexity index is 761. The first-order valence-corrected chi connectivity index (χ1v) is 8.53. The third kappa shape index (κ3) is 2.96. The molecule has 5 nitrogen and oxygen atoms in total. The van der Waals surface area contributed by atoms with Gasteiger partial charge in [-0.1, -0.05) is 6.07 Å². The van der Waals surface area contributed by atoms with Crippen molar-refractivity contribution >= 4 is 33.3 Å². The standard InChI is InChI=1S/C15H19N3O2S.ClH/c1-11-10-18(12(2)9-17-11)21(19,20)15-7-3-6-14-13(15)5-4-8-16-14;/h3-8,11-12,17H,9-10H2,1-2H3;1H. The minimum absolute atomic E-state index is 0. The van der Waals surface area contributed by atoms with Gasteiger partial charge in [0, 0.05) is 36.8 Å². The Kier molecular flexibility index (Phi) is 5.07. The van der Waals surface area contributed by atoms with Crippen molar-refractivity contribution in [3.8, 4) is 0 Å². The van der Waals surface area contributed by atoms with Crippen LogP contribution in [0.1, 0.15) is 13.8 Å². The molecule has 1 fully saturated rings. The summed E-state index contributed by atoms with van der Waals surface area (Å²) in [7, 11) is -3.52. The molecule has 1 aromatic heterocycles. The van der Waals surface area contributed by atoms with Gasteiger partial charge in [-0.3, -0.25) is 4.98 Å². The van der Waals surface area contributed by atoms with Crippen LogP contribution in [-0.4, -0.2) is 42.9 Å². The van der Waals surface area contributed by atoms with Crippen molar-refractivity contribution in [3.63, 3.8) is 0 Å².